The SMILES string of the molecule is CCCB(CCC)/C(=C/c1ccccc1)[Si](Cl)(Cl)Cl. The van der Waals surface area contributed by atoms with Crippen molar-refractivity contribution < 1.29 is 0 Å². The summed E-state index contributed by atoms with van der Waals surface area (Å²) >= 11 is 19.0. The minimum absolute atomic E-state index is 0.398. The number of hydrogen-bond acceptors (Lipinski definition) is 0. The molecule has 0 N–H and O–H groups in total. The van der Waals surface area contributed by atoms with Gasteiger partial charge in [-0.25, -0.2) is 0 Å². The van der Waals surface area contributed by atoms with Crippen molar-refractivity contribution in [3.8, 4) is 0 Å². The Morgan fingerprint density at radius 3 is 2.00 bits per heavy atom. The number of halogens is 3. The summed E-state index contributed by atoms with van der Waals surface area (Å²) < 4.78 is 0. The number of benzene rings is 1. The van der Waals surface area contributed by atoms with Gasteiger partial charge in [0.2, 0.25) is 0 Å². The van der Waals surface area contributed by atoms with Gasteiger partial charge in [-0.1, -0.05) is 80.8 Å². The molecule has 0 saturated heterocycles. The molecular weight excluding hydrogens is 313 g/mol. The Labute approximate surface area is 132 Å². The minimum atomic E-state index is -2.83. The molecule has 104 valence electrons. The third kappa shape index (κ3) is 5.95. The topological polar surface area (TPSA) is 0 Å². The lowest BCUT2D eigenvalue weighted by Gasteiger charge is -2.21. The van der Waals surface area contributed by atoms with Gasteiger partial charge in [0.1, 0.15) is 0 Å². The molecule has 0 spiro atoms. The van der Waals surface area contributed by atoms with E-state index in [1.807, 2.05) is 18.2 Å². The van der Waals surface area contributed by atoms with E-state index in [1.165, 1.54) is 0 Å². The molecular formula is C14H20BCl3Si. The van der Waals surface area contributed by atoms with Crippen LogP contribution >= 0.6 is 33.2 Å². The lowest BCUT2D eigenvalue weighted by molar-refractivity contribution is 1.01. The highest BCUT2D eigenvalue weighted by molar-refractivity contribution is 7.69. The summed E-state index contributed by atoms with van der Waals surface area (Å²) in [6, 6.07) is 7.30. The van der Waals surface area contributed by atoms with E-state index in [0.717, 1.165) is 36.1 Å². The number of rotatable bonds is 7. The highest BCUT2D eigenvalue weighted by Gasteiger charge is 2.36. The molecule has 0 aromatic heterocycles. The third-order valence-electron chi connectivity index (χ3n) is 3.16. The zero-order valence-electron chi connectivity index (χ0n) is 11.5. The fourth-order valence-corrected chi connectivity index (χ4v) is 5.27. The van der Waals surface area contributed by atoms with Gasteiger partial charge >= 0.3 is 6.00 Å². The molecule has 0 fully saturated rings. The lowest BCUT2D eigenvalue weighted by Crippen LogP contribution is -2.29. The fourth-order valence-electron chi connectivity index (χ4n) is 2.31. The van der Waals surface area contributed by atoms with E-state index in [0.29, 0.717) is 6.71 Å². The monoisotopic (exact) mass is 332 g/mol. The van der Waals surface area contributed by atoms with E-state index < -0.39 is 6.00 Å². The van der Waals surface area contributed by atoms with E-state index in [9.17, 15) is 0 Å². The van der Waals surface area contributed by atoms with Crippen molar-refractivity contribution in [2.75, 3.05) is 0 Å². The molecule has 0 heterocycles. The van der Waals surface area contributed by atoms with Crippen LogP contribution in [0.5, 0.6) is 0 Å². The van der Waals surface area contributed by atoms with Gasteiger partial charge in [-0.05, 0) is 5.56 Å². The average molecular weight is 334 g/mol. The van der Waals surface area contributed by atoms with Crippen LogP contribution in [-0.2, 0) is 0 Å². The molecule has 0 aliphatic carbocycles. The predicted molar refractivity (Wildman–Crippen MR) is 93.7 cm³/mol. The van der Waals surface area contributed by atoms with Gasteiger partial charge in [0.05, 0.1) is 0 Å². The maximum Gasteiger partial charge on any atom is 0.360 e. The first kappa shape index (κ1) is 17.2. The molecule has 0 unspecified atom stereocenters. The molecule has 0 bridgehead atoms. The van der Waals surface area contributed by atoms with E-state index in [-0.39, 0.29) is 0 Å². The van der Waals surface area contributed by atoms with Crippen LogP contribution in [0.3, 0.4) is 0 Å². The molecule has 1 aromatic rings. The average Bonchev–Trinajstić information content (AvgIpc) is 2.36. The van der Waals surface area contributed by atoms with Crippen LogP contribution in [0.4, 0.5) is 0 Å². The molecule has 0 atom stereocenters. The molecule has 0 saturated carbocycles. The van der Waals surface area contributed by atoms with Gasteiger partial charge < -0.3 is 0 Å². The summed E-state index contributed by atoms with van der Waals surface area (Å²) in [6.07, 6.45) is 6.51. The first-order valence-electron chi connectivity index (χ1n) is 6.82. The normalized spacial score (nSPS) is 12.6. The minimum Gasteiger partial charge on any atom is -0.122 e. The molecule has 0 radical (unpaired) electrons. The van der Waals surface area contributed by atoms with Crippen molar-refractivity contribution in [3.05, 3.63) is 41.0 Å². The van der Waals surface area contributed by atoms with E-state index >= 15 is 0 Å². The fraction of sp³-hybridized carbons (Fsp3) is 0.429. The van der Waals surface area contributed by atoms with Gasteiger partial charge in [-0.3, -0.25) is 0 Å². The number of hydrogen-bond donors (Lipinski definition) is 0. The Morgan fingerprint density at radius 1 is 1.05 bits per heavy atom. The second kappa shape index (κ2) is 8.41. The van der Waals surface area contributed by atoms with Crippen molar-refractivity contribution >= 4 is 52.0 Å². The van der Waals surface area contributed by atoms with Gasteiger partial charge in [0, 0.05) is 0 Å². The molecule has 19 heavy (non-hydrogen) atoms. The predicted octanol–water partition coefficient (Wildman–Crippen LogP) is 6.12. The summed E-state index contributed by atoms with van der Waals surface area (Å²) in [5.74, 6) is 0. The summed E-state index contributed by atoms with van der Waals surface area (Å²) in [7, 11) is 0. The molecule has 0 amide bonds. The van der Waals surface area contributed by atoms with Crippen LogP contribution in [0.25, 0.3) is 6.08 Å². The Hall–Kier alpha value is 0.112. The van der Waals surface area contributed by atoms with Crippen LogP contribution in [0.1, 0.15) is 32.3 Å². The zero-order chi connectivity index (χ0) is 14.3. The van der Waals surface area contributed by atoms with E-state index in [2.05, 4.69) is 32.1 Å². The Bertz CT molecular complexity index is 395. The van der Waals surface area contributed by atoms with Crippen molar-refractivity contribution in [1.29, 1.82) is 0 Å². The van der Waals surface area contributed by atoms with E-state index in [1.54, 1.807) is 0 Å². The Morgan fingerprint density at radius 2 is 1.58 bits per heavy atom. The van der Waals surface area contributed by atoms with Crippen molar-refractivity contribution in [1.82, 2.24) is 0 Å². The third-order valence-corrected chi connectivity index (χ3v) is 6.33. The van der Waals surface area contributed by atoms with Crippen LogP contribution in [-0.4, -0.2) is 12.7 Å². The molecule has 1 rings (SSSR count). The van der Waals surface area contributed by atoms with E-state index in [4.69, 9.17) is 33.2 Å². The lowest BCUT2D eigenvalue weighted by atomic mass is 9.43. The maximum absolute atomic E-state index is 6.32. The quantitative estimate of drug-likeness (QED) is 0.416. The second-order valence-electron chi connectivity index (χ2n) is 4.78. The summed E-state index contributed by atoms with van der Waals surface area (Å²) in [4.78, 5) is 0. The highest BCUT2D eigenvalue weighted by Crippen LogP contribution is 2.35. The van der Waals surface area contributed by atoms with Crippen molar-refractivity contribution in [3.63, 3.8) is 0 Å². The van der Waals surface area contributed by atoms with Crippen LogP contribution < -0.4 is 0 Å². The van der Waals surface area contributed by atoms with Gasteiger partial charge in [-0.2, -0.15) is 0 Å². The maximum atomic E-state index is 6.32. The van der Waals surface area contributed by atoms with Gasteiger partial charge in [-0.15, -0.1) is 33.2 Å². The van der Waals surface area contributed by atoms with Gasteiger partial charge in [0.15, 0.2) is 6.71 Å². The second-order valence-corrected chi connectivity index (χ2v) is 13.2. The van der Waals surface area contributed by atoms with Gasteiger partial charge in [0.25, 0.3) is 0 Å². The Balaban J connectivity index is 3.10. The van der Waals surface area contributed by atoms with Crippen LogP contribution in [0.2, 0.25) is 12.6 Å². The summed E-state index contributed by atoms with van der Waals surface area (Å²) in [6.45, 7) is 4.76. The van der Waals surface area contributed by atoms with Crippen LogP contribution in [0.15, 0.2) is 35.4 Å². The molecule has 0 aliphatic heterocycles. The molecule has 0 nitrogen and oxygen atoms in total. The largest absolute Gasteiger partial charge is 0.360 e. The summed E-state index contributed by atoms with van der Waals surface area (Å²) in [5, 5.41) is 1.05. The Kier molecular flexibility index (Phi) is 7.60. The standard InChI is InChI=1S/C14H20BCl3Si/c1-3-10-15(11-4-2)14(19(16,17)18)12-13-8-6-5-7-9-13/h5-9,12H,3-4,10-11H2,1-2H3/b14-12-. The van der Waals surface area contributed by atoms with Crippen molar-refractivity contribution in [2.45, 2.75) is 39.3 Å². The first-order chi connectivity index (χ1) is 8.99. The molecule has 1 aromatic carbocycles. The van der Waals surface area contributed by atoms with Crippen molar-refractivity contribution in [2.24, 2.45) is 0 Å². The zero-order valence-corrected chi connectivity index (χ0v) is 14.8. The molecule has 5 heteroatoms. The summed E-state index contributed by atoms with van der Waals surface area (Å²) in [5.41, 5.74) is 1.12. The highest BCUT2D eigenvalue weighted by atomic mass is 35.8. The van der Waals surface area contributed by atoms with Crippen LogP contribution in [0, 0.1) is 0 Å². The smallest absolute Gasteiger partial charge is 0.122 e. The molecule has 0 aliphatic rings. The first-order valence-corrected chi connectivity index (χ1v) is 11.9.